The molecule has 0 saturated carbocycles. The van der Waals surface area contributed by atoms with Gasteiger partial charge in [-0.1, -0.05) is 17.7 Å². The summed E-state index contributed by atoms with van der Waals surface area (Å²) in [7, 11) is 0. The minimum absolute atomic E-state index is 0.0734. The van der Waals surface area contributed by atoms with E-state index in [1.807, 2.05) is 32.9 Å². The number of ether oxygens (including phenoxy) is 1. The van der Waals surface area contributed by atoms with E-state index in [9.17, 15) is 9.59 Å². The number of rotatable bonds is 6. The van der Waals surface area contributed by atoms with Crippen LogP contribution in [0.25, 0.3) is 0 Å². The third-order valence-electron chi connectivity index (χ3n) is 2.71. The third kappa shape index (κ3) is 4.71. The summed E-state index contributed by atoms with van der Waals surface area (Å²) < 4.78 is 4.82. The monoisotopic (exact) mass is 280 g/mol. The summed E-state index contributed by atoms with van der Waals surface area (Å²) >= 11 is 1.30. The molecule has 19 heavy (non-hydrogen) atoms. The van der Waals surface area contributed by atoms with E-state index < -0.39 is 0 Å². The fraction of sp³-hybridized carbons (Fsp3) is 0.467. The Hall–Kier alpha value is -1.29. The Kier molecular flexibility index (Phi) is 6.09. The van der Waals surface area contributed by atoms with Gasteiger partial charge in [0.25, 0.3) is 0 Å². The maximum atomic E-state index is 12.2. The van der Waals surface area contributed by atoms with Crippen LogP contribution in [-0.2, 0) is 9.53 Å². The Morgan fingerprint density at radius 1 is 1.11 bits per heavy atom. The lowest BCUT2D eigenvalue weighted by Gasteiger charge is -2.10. The maximum absolute atomic E-state index is 12.2. The first kappa shape index (κ1) is 15.8. The Labute approximate surface area is 118 Å². The molecule has 0 radical (unpaired) electrons. The predicted octanol–water partition coefficient (Wildman–Crippen LogP) is 3.09. The summed E-state index contributed by atoms with van der Waals surface area (Å²) in [5.74, 6) is 0.342. The Bertz CT molecular complexity index is 457. The molecule has 0 unspecified atom stereocenters. The van der Waals surface area contributed by atoms with Crippen molar-refractivity contribution in [2.75, 3.05) is 18.1 Å². The number of carbonyl (C=O) groups excluding carboxylic acids is 2. The number of carbonyl (C=O) groups is 2. The van der Waals surface area contributed by atoms with Crippen LogP contribution >= 0.6 is 11.8 Å². The van der Waals surface area contributed by atoms with Crippen LogP contribution < -0.4 is 0 Å². The molecular formula is C15H20O3S. The molecule has 0 amide bonds. The van der Waals surface area contributed by atoms with Crippen LogP contribution in [0.15, 0.2) is 12.1 Å². The van der Waals surface area contributed by atoms with E-state index in [2.05, 4.69) is 0 Å². The normalized spacial score (nSPS) is 10.3. The summed E-state index contributed by atoms with van der Waals surface area (Å²) in [6, 6.07) is 4.02. The van der Waals surface area contributed by atoms with Gasteiger partial charge in [0, 0.05) is 5.56 Å². The van der Waals surface area contributed by atoms with Gasteiger partial charge in [0.1, 0.15) is 0 Å². The van der Waals surface area contributed by atoms with E-state index in [0.29, 0.717) is 12.4 Å². The van der Waals surface area contributed by atoms with Gasteiger partial charge in [0.15, 0.2) is 5.78 Å². The summed E-state index contributed by atoms with van der Waals surface area (Å²) in [6.45, 7) is 8.06. The Morgan fingerprint density at radius 2 is 1.68 bits per heavy atom. The third-order valence-corrected chi connectivity index (χ3v) is 3.62. The molecule has 0 bridgehead atoms. The zero-order valence-corrected chi connectivity index (χ0v) is 12.7. The molecule has 0 spiro atoms. The van der Waals surface area contributed by atoms with Crippen LogP contribution in [-0.4, -0.2) is 29.9 Å². The molecule has 0 aliphatic carbocycles. The van der Waals surface area contributed by atoms with Crippen molar-refractivity contribution in [2.24, 2.45) is 0 Å². The molecule has 0 aliphatic rings. The van der Waals surface area contributed by atoms with Gasteiger partial charge in [-0.25, -0.2) is 0 Å². The van der Waals surface area contributed by atoms with E-state index in [-0.39, 0.29) is 17.5 Å². The van der Waals surface area contributed by atoms with Gasteiger partial charge >= 0.3 is 5.97 Å². The van der Waals surface area contributed by atoms with Gasteiger partial charge < -0.3 is 4.74 Å². The summed E-state index contributed by atoms with van der Waals surface area (Å²) in [5.41, 5.74) is 3.94. The Morgan fingerprint density at radius 3 is 2.21 bits per heavy atom. The van der Waals surface area contributed by atoms with Gasteiger partial charge in [-0.3, -0.25) is 9.59 Å². The highest BCUT2D eigenvalue weighted by Gasteiger charge is 2.13. The first-order chi connectivity index (χ1) is 8.95. The molecule has 0 saturated heterocycles. The van der Waals surface area contributed by atoms with Crippen LogP contribution in [0.5, 0.6) is 0 Å². The van der Waals surface area contributed by atoms with Gasteiger partial charge in [-0.05, 0) is 38.8 Å². The molecule has 3 nitrogen and oxygen atoms in total. The lowest BCUT2D eigenvalue weighted by Crippen LogP contribution is -2.12. The van der Waals surface area contributed by atoms with Crippen molar-refractivity contribution in [2.45, 2.75) is 27.7 Å². The molecule has 0 atom stereocenters. The SMILES string of the molecule is CCOC(=O)CSCC(=O)c1c(C)cc(C)cc1C. The van der Waals surface area contributed by atoms with Crippen LogP contribution in [0.2, 0.25) is 0 Å². The fourth-order valence-electron chi connectivity index (χ4n) is 2.12. The summed E-state index contributed by atoms with van der Waals surface area (Å²) in [4.78, 5) is 23.3. The van der Waals surface area contributed by atoms with Crippen molar-refractivity contribution < 1.29 is 14.3 Å². The van der Waals surface area contributed by atoms with Crippen LogP contribution in [0.3, 0.4) is 0 Å². The second kappa shape index (κ2) is 7.34. The number of Topliss-reactive ketones (excluding diaryl/α,β-unsaturated/α-hetero) is 1. The molecule has 1 aromatic rings. The highest BCUT2D eigenvalue weighted by atomic mass is 32.2. The van der Waals surface area contributed by atoms with Crippen molar-refractivity contribution in [1.29, 1.82) is 0 Å². The van der Waals surface area contributed by atoms with E-state index in [0.717, 1.165) is 22.3 Å². The smallest absolute Gasteiger partial charge is 0.315 e. The van der Waals surface area contributed by atoms with Crippen LogP contribution in [0.1, 0.15) is 34.0 Å². The van der Waals surface area contributed by atoms with Gasteiger partial charge in [-0.2, -0.15) is 0 Å². The van der Waals surface area contributed by atoms with Crippen molar-refractivity contribution in [1.82, 2.24) is 0 Å². The second-order valence-electron chi connectivity index (χ2n) is 4.49. The molecule has 1 rings (SSSR count). The fourth-order valence-corrected chi connectivity index (χ4v) is 2.80. The highest BCUT2D eigenvalue weighted by molar-refractivity contribution is 8.00. The number of ketones is 1. The maximum Gasteiger partial charge on any atom is 0.315 e. The topological polar surface area (TPSA) is 43.4 Å². The number of thioether (sulfide) groups is 1. The quantitative estimate of drug-likeness (QED) is 0.593. The van der Waals surface area contributed by atoms with Crippen LogP contribution in [0, 0.1) is 20.8 Å². The zero-order chi connectivity index (χ0) is 14.4. The second-order valence-corrected chi connectivity index (χ2v) is 5.48. The minimum Gasteiger partial charge on any atom is -0.465 e. The number of aryl methyl sites for hydroxylation is 3. The molecule has 0 N–H and O–H groups in total. The number of hydrogen-bond acceptors (Lipinski definition) is 4. The molecule has 4 heteroatoms. The van der Waals surface area contributed by atoms with Crippen molar-refractivity contribution in [3.8, 4) is 0 Å². The van der Waals surface area contributed by atoms with E-state index >= 15 is 0 Å². The van der Waals surface area contributed by atoms with E-state index in [4.69, 9.17) is 4.74 Å². The van der Waals surface area contributed by atoms with Gasteiger partial charge in [-0.15, -0.1) is 11.8 Å². The predicted molar refractivity (Wildman–Crippen MR) is 78.9 cm³/mol. The van der Waals surface area contributed by atoms with E-state index in [1.165, 1.54) is 11.8 Å². The summed E-state index contributed by atoms with van der Waals surface area (Å²) in [5, 5.41) is 0. The first-order valence-electron chi connectivity index (χ1n) is 6.30. The highest BCUT2D eigenvalue weighted by Crippen LogP contribution is 2.18. The Balaban J connectivity index is 2.62. The molecule has 0 aromatic heterocycles. The van der Waals surface area contributed by atoms with Crippen LogP contribution in [0.4, 0.5) is 0 Å². The average molecular weight is 280 g/mol. The number of esters is 1. The van der Waals surface area contributed by atoms with Crippen molar-refractivity contribution >= 4 is 23.5 Å². The largest absolute Gasteiger partial charge is 0.465 e. The molecule has 0 heterocycles. The minimum atomic E-state index is -0.266. The molecule has 0 fully saturated rings. The van der Waals surface area contributed by atoms with Crippen molar-refractivity contribution in [3.63, 3.8) is 0 Å². The molecular weight excluding hydrogens is 260 g/mol. The van der Waals surface area contributed by atoms with Gasteiger partial charge in [0.2, 0.25) is 0 Å². The standard InChI is InChI=1S/C15H20O3S/c1-5-18-14(17)9-19-8-13(16)15-11(3)6-10(2)7-12(15)4/h6-7H,5,8-9H2,1-4H3. The lowest BCUT2D eigenvalue weighted by molar-refractivity contribution is -0.139. The first-order valence-corrected chi connectivity index (χ1v) is 7.45. The molecule has 104 valence electrons. The molecule has 1 aromatic carbocycles. The summed E-state index contributed by atoms with van der Waals surface area (Å²) in [6.07, 6.45) is 0. The van der Waals surface area contributed by atoms with Gasteiger partial charge in [0.05, 0.1) is 18.1 Å². The number of benzene rings is 1. The zero-order valence-electron chi connectivity index (χ0n) is 11.9. The van der Waals surface area contributed by atoms with E-state index in [1.54, 1.807) is 6.92 Å². The number of hydrogen-bond donors (Lipinski definition) is 0. The van der Waals surface area contributed by atoms with Crippen molar-refractivity contribution in [3.05, 3.63) is 34.4 Å². The average Bonchev–Trinajstić information content (AvgIpc) is 2.27. The molecule has 0 aliphatic heterocycles. The lowest BCUT2D eigenvalue weighted by atomic mass is 9.97.